The maximum Gasteiger partial charge on any atom is 0.266 e. The smallest absolute Gasteiger partial charge is 0.266 e. The van der Waals surface area contributed by atoms with E-state index in [0.29, 0.717) is 20.9 Å². The lowest BCUT2D eigenvalue weighted by atomic mass is 10.1. The number of halogens is 1. The highest BCUT2D eigenvalue weighted by atomic mass is 35.5. The van der Waals surface area contributed by atoms with Gasteiger partial charge in [0.25, 0.3) is 5.91 Å². The van der Waals surface area contributed by atoms with Crippen molar-refractivity contribution in [1.82, 2.24) is 14.7 Å². The van der Waals surface area contributed by atoms with E-state index in [1.165, 1.54) is 11.8 Å². The van der Waals surface area contributed by atoms with Gasteiger partial charge in [0.05, 0.1) is 16.3 Å². The first-order valence-corrected chi connectivity index (χ1v) is 13.9. The van der Waals surface area contributed by atoms with Crippen molar-refractivity contribution in [2.45, 2.75) is 32.9 Å². The fourth-order valence-corrected chi connectivity index (χ4v) is 5.74. The fourth-order valence-electron chi connectivity index (χ4n) is 4.10. The molecule has 1 aromatic heterocycles. The van der Waals surface area contributed by atoms with E-state index in [2.05, 4.69) is 6.92 Å². The van der Waals surface area contributed by atoms with Gasteiger partial charge in [-0.05, 0) is 61.9 Å². The van der Waals surface area contributed by atoms with E-state index in [9.17, 15) is 4.79 Å². The fraction of sp³-hybridized carbons (Fsp3) is 0.167. The van der Waals surface area contributed by atoms with Crippen LogP contribution >= 0.6 is 35.6 Å². The number of carbonyl (C=O) groups excluding carboxylic acids is 1. The first-order chi connectivity index (χ1) is 18.4. The van der Waals surface area contributed by atoms with Crippen molar-refractivity contribution in [1.29, 1.82) is 0 Å². The Kier molecular flexibility index (Phi) is 7.98. The van der Waals surface area contributed by atoms with Crippen LogP contribution in [0.1, 0.15) is 31.4 Å². The van der Waals surface area contributed by atoms with E-state index < -0.39 is 0 Å². The van der Waals surface area contributed by atoms with Gasteiger partial charge in [0.15, 0.2) is 0 Å². The van der Waals surface area contributed by atoms with Gasteiger partial charge in [0, 0.05) is 34.0 Å². The number of amides is 1. The molecule has 1 unspecified atom stereocenters. The van der Waals surface area contributed by atoms with E-state index in [1.807, 2.05) is 103 Å². The van der Waals surface area contributed by atoms with Crippen molar-refractivity contribution in [2.24, 2.45) is 0 Å². The second kappa shape index (κ2) is 11.6. The first kappa shape index (κ1) is 26.2. The van der Waals surface area contributed by atoms with Gasteiger partial charge in [-0.2, -0.15) is 5.10 Å². The standard InChI is InChI=1S/C30H26ClN3O2S2/c1-3-20(2)34-29(35)27(38-30(34)37)17-23-18-33(24-10-5-4-6-11-24)32-28(23)21-13-15-25(16-14-21)36-19-22-9-7-8-12-26(22)31/h4-18,20H,3,19H2,1-2H3. The maximum absolute atomic E-state index is 13.2. The minimum Gasteiger partial charge on any atom is -0.489 e. The molecular formula is C30H26ClN3O2S2. The number of thiocarbonyl (C=S) groups is 1. The molecule has 38 heavy (non-hydrogen) atoms. The van der Waals surface area contributed by atoms with Crippen LogP contribution in [0.25, 0.3) is 23.0 Å². The maximum atomic E-state index is 13.2. The number of aromatic nitrogens is 2. The van der Waals surface area contributed by atoms with Crippen molar-refractivity contribution in [3.05, 3.63) is 106 Å². The van der Waals surface area contributed by atoms with Gasteiger partial charge in [-0.25, -0.2) is 4.68 Å². The van der Waals surface area contributed by atoms with E-state index in [0.717, 1.165) is 40.2 Å². The number of carbonyl (C=O) groups is 1. The summed E-state index contributed by atoms with van der Waals surface area (Å²) in [5.41, 5.74) is 4.37. The van der Waals surface area contributed by atoms with Crippen LogP contribution in [0.2, 0.25) is 5.02 Å². The zero-order valence-corrected chi connectivity index (χ0v) is 23.4. The summed E-state index contributed by atoms with van der Waals surface area (Å²) in [6.07, 6.45) is 4.68. The number of hydrogen-bond acceptors (Lipinski definition) is 5. The Labute approximate surface area is 237 Å². The molecule has 0 bridgehead atoms. The van der Waals surface area contributed by atoms with Crippen LogP contribution in [0, 0.1) is 0 Å². The largest absolute Gasteiger partial charge is 0.489 e. The zero-order valence-electron chi connectivity index (χ0n) is 21.0. The number of benzene rings is 3. The van der Waals surface area contributed by atoms with Crippen molar-refractivity contribution in [3.63, 3.8) is 0 Å². The van der Waals surface area contributed by atoms with Crippen LogP contribution in [0.5, 0.6) is 5.75 Å². The second-order valence-corrected chi connectivity index (χ2v) is 11.0. The van der Waals surface area contributed by atoms with Crippen molar-refractivity contribution in [2.75, 3.05) is 0 Å². The lowest BCUT2D eigenvalue weighted by Gasteiger charge is -2.21. The Morgan fingerprint density at radius 3 is 2.47 bits per heavy atom. The van der Waals surface area contributed by atoms with Crippen molar-refractivity contribution >= 4 is 51.9 Å². The van der Waals surface area contributed by atoms with E-state index >= 15 is 0 Å². The lowest BCUT2D eigenvalue weighted by Crippen LogP contribution is -2.36. The summed E-state index contributed by atoms with van der Waals surface area (Å²) in [5.74, 6) is 0.670. The van der Waals surface area contributed by atoms with Gasteiger partial charge < -0.3 is 4.74 Å². The molecule has 0 radical (unpaired) electrons. The molecule has 0 spiro atoms. The summed E-state index contributed by atoms with van der Waals surface area (Å²) in [4.78, 5) is 15.5. The summed E-state index contributed by atoms with van der Waals surface area (Å²) < 4.78 is 8.38. The third kappa shape index (κ3) is 5.55. The molecule has 192 valence electrons. The predicted octanol–water partition coefficient (Wildman–Crippen LogP) is 7.77. The number of ether oxygens (including phenoxy) is 1. The first-order valence-electron chi connectivity index (χ1n) is 12.3. The van der Waals surface area contributed by atoms with E-state index in [-0.39, 0.29) is 11.9 Å². The quantitative estimate of drug-likeness (QED) is 0.163. The normalized spacial score (nSPS) is 15.3. The van der Waals surface area contributed by atoms with Crippen LogP contribution in [-0.2, 0) is 11.4 Å². The minimum atomic E-state index is -0.0592. The van der Waals surface area contributed by atoms with E-state index in [1.54, 1.807) is 4.90 Å². The predicted molar refractivity (Wildman–Crippen MR) is 160 cm³/mol. The highest BCUT2D eigenvalue weighted by Crippen LogP contribution is 2.36. The highest BCUT2D eigenvalue weighted by Gasteiger charge is 2.35. The van der Waals surface area contributed by atoms with Crippen molar-refractivity contribution < 1.29 is 9.53 Å². The van der Waals surface area contributed by atoms with Gasteiger partial charge in [0.1, 0.15) is 16.7 Å². The van der Waals surface area contributed by atoms with Crippen LogP contribution in [0.15, 0.2) is 90.0 Å². The van der Waals surface area contributed by atoms with Gasteiger partial charge in [-0.3, -0.25) is 9.69 Å². The molecule has 1 aliphatic rings. The molecule has 1 fully saturated rings. The summed E-state index contributed by atoms with van der Waals surface area (Å²) >= 11 is 13.1. The highest BCUT2D eigenvalue weighted by molar-refractivity contribution is 8.26. The molecule has 5 rings (SSSR count). The molecule has 5 nitrogen and oxygen atoms in total. The van der Waals surface area contributed by atoms with Crippen LogP contribution < -0.4 is 4.74 Å². The average Bonchev–Trinajstić information content (AvgIpc) is 3.48. The topological polar surface area (TPSA) is 47.4 Å². The molecule has 3 aromatic carbocycles. The zero-order chi connectivity index (χ0) is 26.6. The molecule has 0 N–H and O–H groups in total. The molecule has 1 saturated heterocycles. The summed E-state index contributed by atoms with van der Waals surface area (Å²) in [6.45, 7) is 4.45. The van der Waals surface area contributed by atoms with Crippen LogP contribution in [0.3, 0.4) is 0 Å². The molecule has 4 aromatic rings. The second-order valence-electron chi connectivity index (χ2n) is 8.93. The third-order valence-electron chi connectivity index (χ3n) is 6.38. The molecule has 2 heterocycles. The summed E-state index contributed by atoms with van der Waals surface area (Å²) in [6, 6.07) is 25.4. The average molecular weight is 560 g/mol. The SMILES string of the molecule is CCC(C)N1C(=O)C(=Cc2cn(-c3ccccc3)nc2-c2ccc(OCc3ccccc3Cl)cc2)SC1=S. The number of hydrogen-bond donors (Lipinski definition) is 0. The number of nitrogens with zero attached hydrogens (tertiary/aromatic N) is 3. The lowest BCUT2D eigenvalue weighted by molar-refractivity contribution is -0.123. The van der Waals surface area contributed by atoms with Gasteiger partial charge in [-0.1, -0.05) is 78.9 Å². The summed E-state index contributed by atoms with van der Waals surface area (Å²) in [5, 5.41) is 5.57. The molecule has 1 amide bonds. The van der Waals surface area contributed by atoms with Crippen molar-refractivity contribution in [3.8, 4) is 22.7 Å². The van der Waals surface area contributed by atoms with Gasteiger partial charge in [-0.15, -0.1) is 0 Å². The van der Waals surface area contributed by atoms with Gasteiger partial charge in [0.2, 0.25) is 0 Å². The van der Waals surface area contributed by atoms with Crippen LogP contribution in [0.4, 0.5) is 0 Å². The molecular weight excluding hydrogens is 534 g/mol. The molecule has 0 aliphatic carbocycles. The molecule has 0 saturated carbocycles. The Morgan fingerprint density at radius 2 is 1.76 bits per heavy atom. The molecule has 1 atom stereocenters. The Hall–Kier alpha value is -3.39. The molecule has 8 heteroatoms. The van der Waals surface area contributed by atoms with E-state index in [4.69, 9.17) is 33.7 Å². The Morgan fingerprint density at radius 1 is 1.05 bits per heavy atom. The Bertz CT molecular complexity index is 1500. The monoisotopic (exact) mass is 559 g/mol. The Balaban J connectivity index is 1.46. The molecule has 1 aliphatic heterocycles. The minimum absolute atomic E-state index is 0.0539. The number of thioether (sulfide) groups is 1. The number of rotatable bonds is 8. The third-order valence-corrected chi connectivity index (χ3v) is 8.08. The van der Waals surface area contributed by atoms with Crippen LogP contribution in [-0.4, -0.2) is 30.9 Å². The summed E-state index contributed by atoms with van der Waals surface area (Å²) in [7, 11) is 0. The van der Waals surface area contributed by atoms with Gasteiger partial charge >= 0.3 is 0 Å². The number of para-hydroxylation sites is 1.